The van der Waals surface area contributed by atoms with Crippen LogP contribution in [0.1, 0.15) is 12.0 Å². The van der Waals surface area contributed by atoms with Gasteiger partial charge in [0.2, 0.25) is 0 Å². The molecule has 0 saturated carbocycles. The van der Waals surface area contributed by atoms with Crippen molar-refractivity contribution in [3.8, 4) is 6.07 Å². The number of allylic oxidation sites excluding steroid dienone is 1. The molecule has 0 bridgehead atoms. The van der Waals surface area contributed by atoms with Gasteiger partial charge in [-0.2, -0.15) is 5.26 Å². The molecule has 2 rings (SSSR count). The zero-order valence-corrected chi connectivity index (χ0v) is 11.9. The Morgan fingerprint density at radius 3 is 2.63 bits per heavy atom. The van der Waals surface area contributed by atoms with Crippen molar-refractivity contribution >= 4 is 10.8 Å². The van der Waals surface area contributed by atoms with E-state index in [2.05, 4.69) is 6.07 Å². The lowest BCUT2D eigenvalue weighted by Gasteiger charge is -2.28. The average molecular weight is 275 g/mol. The summed E-state index contributed by atoms with van der Waals surface area (Å²) in [5.41, 5.74) is 1.14. The van der Waals surface area contributed by atoms with Crippen LogP contribution in [0.15, 0.2) is 41.3 Å². The van der Waals surface area contributed by atoms with Crippen LogP contribution in [0.2, 0.25) is 0 Å². The molecule has 0 aliphatic heterocycles. The standard InChI is InChI=1S/C15H17NO2S/c1-11-6-8-12(9-7-11)19(17)15-5-3-4-14(18-2)13(15)10-16/h3-4,6-9,13-15H,5H2,1-2H3/t13-,14-,15+,19?/m1/s1. The van der Waals surface area contributed by atoms with Gasteiger partial charge in [0.15, 0.2) is 0 Å². The molecule has 4 atom stereocenters. The molecule has 100 valence electrons. The van der Waals surface area contributed by atoms with E-state index in [-0.39, 0.29) is 17.3 Å². The highest BCUT2D eigenvalue weighted by molar-refractivity contribution is 7.85. The fourth-order valence-corrected chi connectivity index (χ4v) is 3.80. The van der Waals surface area contributed by atoms with E-state index in [4.69, 9.17) is 4.74 Å². The molecule has 3 nitrogen and oxygen atoms in total. The summed E-state index contributed by atoms with van der Waals surface area (Å²) >= 11 is 0. The molecule has 0 saturated heterocycles. The molecule has 0 amide bonds. The first-order chi connectivity index (χ1) is 9.17. The number of aryl methyl sites for hydroxylation is 1. The Morgan fingerprint density at radius 2 is 2.05 bits per heavy atom. The lowest BCUT2D eigenvalue weighted by molar-refractivity contribution is 0.104. The van der Waals surface area contributed by atoms with Crippen LogP contribution in [0.25, 0.3) is 0 Å². The summed E-state index contributed by atoms with van der Waals surface area (Å²) in [4.78, 5) is 0.779. The van der Waals surface area contributed by atoms with Crippen molar-refractivity contribution in [3.05, 3.63) is 42.0 Å². The minimum Gasteiger partial charge on any atom is -0.376 e. The number of benzene rings is 1. The number of methoxy groups -OCH3 is 1. The van der Waals surface area contributed by atoms with Gasteiger partial charge in [0.25, 0.3) is 0 Å². The van der Waals surface area contributed by atoms with E-state index in [1.54, 1.807) is 7.11 Å². The van der Waals surface area contributed by atoms with E-state index < -0.39 is 10.8 Å². The third-order valence-electron chi connectivity index (χ3n) is 3.40. The molecule has 1 aromatic carbocycles. The van der Waals surface area contributed by atoms with Gasteiger partial charge < -0.3 is 4.74 Å². The number of nitriles is 1. The van der Waals surface area contributed by atoms with Crippen LogP contribution in [0.4, 0.5) is 0 Å². The van der Waals surface area contributed by atoms with Crippen LogP contribution in [-0.4, -0.2) is 22.7 Å². The number of ether oxygens (including phenoxy) is 1. The van der Waals surface area contributed by atoms with Crippen molar-refractivity contribution in [2.45, 2.75) is 29.6 Å². The lowest BCUT2D eigenvalue weighted by Crippen LogP contribution is -2.36. The molecule has 1 aliphatic carbocycles. The molecule has 4 heteroatoms. The summed E-state index contributed by atoms with van der Waals surface area (Å²) in [6.07, 6.45) is 4.23. The van der Waals surface area contributed by atoms with Crippen molar-refractivity contribution in [2.24, 2.45) is 5.92 Å². The van der Waals surface area contributed by atoms with Crippen LogP contribution in [0, 0.1) is 24.2 Å². The van der Waals surface area contributed by atoms with Gasteiger partial charge in [-0.1, -0.05) is 29.8 Å². The Hall–Kier alpha value is -1.44. The molecular formula is C15H17NO2S. The first-order valence-corrected chi connectivity index (χ1v) is 7.45. The lowest BCUT2D eigenvalue weighted by atomic mass is 9.92. The molecule has 0 N–H and O–H groups in total. The highest BCUT2D eigenvalue weighted by atomic mass is 32.2. The molecule has 1 aliphatic rings. The Bertz CT molecular complexity index is 530. The van der Waals surface area contributed by atoms with E-state index >= 15 is 0 Å². The zero-order valence-electron chi connectivity index (χ0n) is 11.1. The Morgan fingerprint density at radius 1 is 1.37 bits per heavy atom. The van der Waals surface area contributed by atoms with Gasteiger partial charge in [0, 0.05) is 12.0 Å². The number of rotatable bonds is 3. The SMILES string of the molecule is CO[C@@H]1C=CC[C@H](S(=O)c2ccc(C)cc2)[C@@H]1C#N. The van der Waals surface area contributed by atoms with Gasteiger partial charge in [0.05, 0.1) is 34.1 Å². The number of hydrogen-bond donors (Lipinski definition) is 0. The van der Waals surface area contributed by atoms with Crippen LogP contribution in [-0.2, 0) is 15.5 Å². The molecule has 1 unspecified atom stereocenters. The normalized spacial score (nSPS) is 27.7. The summed E-state index contributed by atoms with van der Waals surface area (Å²) in [6.45, 7) is 2.00. The molecule has 0 radical (unpaired) electrons. The van der Waals surface area contributed by atoms with Crippen molar-refractivity contribution in [1.29, 1.82) is 5.26 Å². The molecule has 0 aromatic heterocycles. The van der Waals surface area contributed by atoms with Crippen molar-refractivity contribution in [2.75, 3.05) is 7.11 Å². The quantitative estimate of drug-likeness (QED) is 0.797. The van der Waals surface area contributed by atoms with Gasteiger partial charge >= 0.3 is 0 Å². The Kier molecular flexibility index (Phi) is 4.52. The van der Waals surface area contributed by atoms with Crippen LogP contribution < -0.4 is 0 Å². The maximum absolute atomic E-state index is 12.6. The summed E-state index contributed by atoms with van der Waals surface area (Å²) in [7, 11) is 0.396. The second-order valence-corrected chi connectivity index (χ2v) is 6.34. The second-order valence-electron chi connectivity index (χ2n) is 4.67. The number of nitrogens with zero attached hydrogens (tertiary/aromatic N) is 1. The minimum absolute atomic E-state index is 0.206. The fraction of sp³-hybridized carbons (Fsp3) is 0.400. The van der Waals surface area contributed by atoms with E-state index in [0.29, 0.717) is 6.42 Å². The van der Waals surface area contributed by atoms with E-state index in [0.717, 1.165) is 10.5 Å². The van der Waals surface area contributed by atoms with Gasteiger partial charge in [-0.15, -0.1) is 0 Å². The van der Waals surface area contributed by atoms with Crippen LogP contribution in [0.5, 0.6) is 0 Å². The zero-order chi connectivity index (χ0) is 13.8. The predicted octanol–water partition coefficient (Wildman–Crippen LogP) is 2.59. The Labute approximate surface area is 116 Å². The molecular weight excluding hydrogens is 258 g/mol. The third kappa shape index (κ3) is 2.94. The van der Waals surface area contributed by atoms with E-state index in [1.165, 1.54) is 0 Å². The van der Waals surface area contributed by atoms with Gasteiger partial charge in [-0.05, 0) is 25.5 Å². The molecule has 0 heterocycles. The molecule has 0 fully saturated rings. The van der Waals surface area contributed by atoms with Crippen LogP contribution in [0.3, 0.4) is 0 Å². The molecule has 19 heavy (non-hydrogen) atoms. The maximum Gasteiger partial charge on any atom is 0.0922 e. The first kappa shape index (κ1) is 14.0. The largest absolute Gasteiger partial charge is 0.376 e. The minimum atomic E-state index is -1.18. The highest BCUT2D eigenvalue weighted by Crippen LogP contribution is 2.28. The van der Waals surface area contributed by atoms with E-state index in [9.17, 15) is 9.47 Å². The fourth-order valence-electron chi connectivity index (χ4n) is 2.27. The van der Waals surface area contributed by atoms with Crippen molar-refractivity contribution in [1.82, 2.24) is 0 Å². The highest BCUT2D eigenvalue weighted by Gasteiger charge is 2.35. The molecule has 1 aromatic rings. The average Bonchev–Trinajstić information content (AvgIpc) is 2.46. The van der Waals surface area contributed by atoms with Gasteiger partial charge in [-0.25, -0.2) is 0 Å². The summed E-state index contributed by atoms with van der Waals surface area (Å²) < 4.78 is 17.9. The first-order valence-electron chi connectivity index (χ1n) is 6.23. The monoisotopic (exact) mass is 275 g/mol. The van der Waals surface area contributed by atoms with Gasteiger partial charge in [0.1, 0.15) is 0 Å². The van der Waals surface area contributed by atoms with E-state index in [1.807, 2.05) is 43.3 Å². The van der Waals surface area contributed by atoms with Crippen molar-refractivity contribution < 1.29 is 8.95 Å². The number of hydrogen-bond acceptors (Lipinski definition) is 3. The molecule has 0 spiro atoms. The predicted molar refractivity (Wildman–Crippen MR) is 75.0 cm³/mol. The third-order valence-corrected chi connectivity index (χ3v) is 5.17. The maximum atomic E-state index is 12.6. The second kappa shape index (κ2) is 6.14. The van der Waals surface area contributed by atoms with Crippen LogP contribution >= 0.6 is 0 Å². The summed E-state index contributed by atoms with van der Waals surface area (Å²) in [6, 6.07) is 9.89. The van der Waals surface area contributed by atoms with Crippen molar-refractivity contribution in [3.63, 3.8) is 0 Å². The summed E-state index contributed by atoms with van der Waals surface area (Å²) in [5, 5.41) is 9.10. The summed E-state index contributed by atoms with van der Waals surface area (Å²) in [5.74, 6) is -0.364. The smallest absolute Gasteiger partial charge is 0.0922 e. The Balaban J connectivity index is 2.25. The topological polar surface area (TPSA) is 50.1 Å². The van der Waals surface area contributed by atoms with Gasteiger partial charge in [-0.3, -0.25) is 4.21 Å².